The number of nitrogens with zero attached hydrogens (tertiary/aromatic N) is 1. The first-order valence-corrected chi connectivity index (χ1v) is 9.39. The van der Waals surface area contributed by atoms with Gasteiger partial charge in [0.1, 0.15) is 11.2 Å². The van der Waals surface area contributed by atoms with Gasteiger partial charge in [0.2, 0.25) is 0 Å². The van der Waals surface area contributed by atoms with Crippen LogP contribution in [0, 0.1) is 13.7 Å². The summed E-state index contributed by atoms with van der Waals surface area (Å²) in [5.41, 5.74) is 1.75. The number of pyridine rings is 1. The lowest BCUT2D eigenvalue weighted by Gasteiger charge is -2.05. The molecule has 0 amide bonds. The zero-order valence-electron chi connectivity index (χ0n) is 21.4. The molecule has 0 unspecified atom stereocenters. The molecular formula is C27H19NO. The summed E-state index contributed by atoms with van der Waals surface area (Å²) in [5, 5.41) is 6.31. The van der Waals surface area contributed by atoms with Gasteiger partial charge < -0.3 is 4.42 Å². The van der Waals surface area contributed by atoms with E-state index in [1.165, 1.54) is 6.07 Å². The summed E-state index contributed by atoms with van der Waals surface area (Å²) in [6.45, 7) is -5.18. The van der Waals surface area contributed by atoms with E-state index in [1.807, 2.05) is 30.3 Å². The minimum atomic E-state index is -2.60. The number of rotatable bonds is 1. The third kappa shape index (κ3) is 2.39. The molecule has 2 nitrogen and oxygen atoms in total. The molecule has 0 radical (unpaired) electrons. The Morgan fingerprint density at radius 2 is 1.59 bits per heavy atom. The van der Waals surface area contributed by atoms with Crippen molar-refractivity contribution in [1.29, 1.82) is 0 Å². The van der Waals surface area contributed by atoms with Crippen molar-refractivity contribution in [3.8, 4) is 11.3 Å². The molecule has 2 aromatic heterocycles. The van der Waals surface area contributed by atoms with Gasteiger partial charge in [-0.05, 0) is 70.6 Å². The standard InChI is InChI=1S/C27H19NO/c1-16-12-25(28-15-17(16)2)22-9-5-8-21-24-14-23-19(13-26(24)29-27(21)22)11-10-18-6-3-4-7-20(18)23/h3-15H,1-2H3/i1D3,2D3. The maximum Gasteiger partial charge on any atom is 0.144 e. The highest BCUT2D eigenvalue weighted by atomic mass is 16.3. The van der Waals surface area contributed by atoms with Gasteiger partial charge in [-0.25, -0.2) is 0 Å². The summed E-state index contributed by atoms with van der Waals surface area (Å²) in [4.78, 5) is 4.34. The second-order valence-electron chi connectivity index (χ2n) is 7.26. The van der Waals surface area contributed by atoms with Crippen molar-refractivity contribution in [2.45, 2.75) is 13.7 Å². The Morgan fingerprint density at radius 3 is 2.52 bits per heavy atom. The molecule has 138 valence electrons. The van der Waals surface area contributed by atoms with Crippen LogP contribution in [0.5, 0.6) is 0 Å². The minimum Gasteiger partial charge on any atom is -0.455 e. The van der Waals surface area contributed by atoms with Gasteiger partial charge in [0.15, 0.2) is 0 Å². The van der Waals surface area contributed by atoms with E-state index in [0.29, 0.717) is 22.4 Å². The number of hydrogen-bond donors (Lipinski definition) is 0. The van der Waals surface area contributed by atoms with Gasteiger partial charge in [0, 0.05) is 30.8 Å². The fraction of sp³-hybridized carbons (Fsp3) is 0.0741. The molecule has 0 saturated carbocycles. The Labute approximate surface area is 176 Å². The smallest absolute Gasteiger partial charge is 0.144 e. The molecule has 0 aliphatic heterocycles. The van der Waals surface area contributed by atoms with Gasteiger partial charge in [-0.3, -0.25) is 4.98 Å². The predicted octanol–water partition coefficient (Wildman–Crippen LogP) is 7.57. The van der Waals surface area contributed by atoms with Crippen LogP contribution in [0.4, 0.5) is 0 Å². The average molecular weight is 379 g/mol. The first kappa shape index (κ1) is 11.4. The number of benzene rings is 4. The Kier molecular flexibility index (Phi) is 2.32. The Balaban J connectivity index is 1.62. The maximum absolute atomic E-state index is 7.88. The lowest BCUT2D eigenvalue weighted by molar-refractivity contribution is 0.670. The summed E-state index contributed by atoms with van der Waals surface area (Å²) in [7, 11) is 0. The zero-order chi connectivity index (χ0) is 24.5. The highest BCUT2D eigenvalue weighted by Crippen LogP contribution is 2.38. The number of aryl methyl sites for hydroxylation is 2. The van der Waals surface area contributed by atoms with Crippen molar-refractivity contribution < 1.29 is 12.6 Å². The van der Waals surface area contributed by atoms with E-state index in [4.69, 9.17) is 12.6 Å². The van der Waals surface area contributed by atoms with Crippen LogP contribution in [0.25, 0.3) is 54.7 Å². The van der Waals surface area contributed by atoms with Crippen LogP contribution >= 0.6 is 0 Å². The van der Waals surface area contributed by atoms with Gasteiger partial charge in [-0.2, -0.15) is 0 Å². The van der Waals surface area contributed by atoms with Crippen LogP contribution in [-0.2, 0) is 0 Å². The molecule has 0 spiro atoms. The molecule has 2 heteroatoms. The van der Waals surface area contributed by atoms with Crippen molar-refractivity contribution in [3.05, 3.63) is 90.1 Å². The fourth-order valence-electron chi connectivity index (χ4n) is 4.10. The molecule has 0 atom stereocenters. The van der Waals surface area contributed by atoms with Crippen LogP contribution in [0.15, 0.2) is 83.4 Å². The lowest BCUT2D eigenvalue weighted by atomic mass is 9.99. The van der Waals surface area contributed by atoms with E-state index in [1.54, 1.807) is 6.07 Å². The van der Waals surface area contributed by atoms with Gasteiger partial charge >= 0.3 is 0 Å². The summed E-state index contributed by atoms with van der Waals surface area (Å²) < 4.78 is 53.1. The summed E-state index contributed by atoms with van der Waals surface area (Å²) in [6, 6.07) is 23.5. The summed E-state index contributed by atoms with van der Waals surface area (Å²) in [5.74, 6) is 0. The van der Waals surface area contributed by atoms with Crippen molar-refractivity contribution in [3.63, 3.8) is 0 Å². The van der Waals surface area contributed by atoms with Crippen LogP contribution in [0.3, 0.4) is 0 Å². The fourth-order valence-corrected chi connectivity index (χ4v) is 4.10. The van der Waals surface area contributed by atoms with E-state index >= 15 is 0 Å². The van der Waals surface area contributed by atoms with E-state index < -0.39 is 13.7 Å². The Morgan fingerprint density at radius 1 is 0.724 bits per heavy atom. The molecule has 6 aromatic rings. The quantitative estimate of drug-likeness (QED) is 0.275. The molecule has 0 fully saturated rings. The molecule has 29 heavy (non-hydrogen) atoms. The van der Waals surface area contributed by atoms with Crippen LogP contribution in [0.1, 0.15) is 19.4 Å². The van der Waals surface area contributed by atoms with Crippen molar-refractivity contribution >= 4 is 43.5 Å². The normalized spacial score (nSPS) is 15.7. The monoisotopic (exact) mass is 379 g/mol. The zero-order valence-corrected chi connectivity index (χ0v) is 15.4. The average Bonchev–Trinajstić information content (AvgIpc) is 3.19. The number of aromatic nitrogens is 1. The van der Waals surface area contributed by atoms with E-state index in [2.05, 4.69) is 35.3 Å². The molecule has 2 heterocycles. The van der Waals surface area contributed by atoms with Crippen LogP contribution < -0.4 is 0 Å². The first-order valence-electron chi connectivity index (χ1n) is 12.4. The highest BCUT2D eigenvalue weighted by Gasteiger charge is 2.14. The third-order valence-corrected chi connectivity index (χ3v) is 5.54. The molecule has 0 N–H and O–H groups in total. The molecule has 0 saturated heterocycles. The van der Waals surface area contributed by atoms with Crippen LogP contribution in [-0.4, -0.2) is 4.98 Å². The van der Waals surface area contributed by atoms with Gasteiger partial charge in [0.05, 0.1) is 5.69 Å². The molecule has 0 bridgehead atoms. The van der Waals surface area contributed by atoms with Crippen molar-refractivity contribution in [1.82, 2.24) is 4.98 Å². The molecule has 0 aliphatic rings. The lowest BCUT2D eigenvalue weighted by Crippen LogP contribution is -1.88. The Bertz CT molecular complexity index is 1780. The number of furan rings is 1. The molecule has 4 aromatic carbocycles. The number of fused-ring (bicyclic) bond motifs is 6. The number of hydrogen-bond acceptors (Lipinski definition) is 2. The Hall–Kier alpha value is -3.65. The highest BCUT2D eigenvalue weighted by molar-refractivity contribution is 6.17. The van der Waals surface area contributed by atoms with E-state index in [-0.39, 0.29) is 11.1 Å². The largest absolute Gasteiger partial charge is 0.455 e. The van der Waals surface area contributed by atoms with E-state index in [9.17, 15) is 0 Å². The third-order valence-electron chi connectivity index (χ3n) is 5.54. The van der Waals surface area contributed by atoms with Crippen LogP contribution in [0.2, 0.25) is 0 Å². The van der Waals surface area contributed by atoms with Crippen molar-refractivity contribution in [2.75, 3.05) is 0 Å². The topological polar surface area (TPSA) is 26.0 Å². The van der Waals surface area contributed by atoms with Gasteiger partial charge in [-0.15, -0.1) is 0 Å². The first-order chi connectivity index (χ1) is 16.6. The minimum absolute atomic E-state index is 0.229. The second-order valence-corrected chi connectivity index (χ2v) is 7.26. The number of para-hydroxylation sites is 1. The molecule has 6 rings (SSSR count). The van der Waals surface area contributed by atoms with E-state index in [0.717, 1.165) is 38.5 Å². The SMILES string of the molecule is [2H]C([2H])([2H])c1cnc(-c2cccc3c2oc2cc4ccc5ccccc5c4cc23)cc1C([2H])([2H])[2H]. The van der Waals surface area contributed by atoms with Crippen molar-refractivity contribution in [2.24, 2.45) is 0 Å². The molecular weight excluding hydrogens is 354 g/mol. The van der Waals surface area contributed by atoms with Gasteiger partial charge in [0.25, 0.3) is 0 Å². The summed E-state index contributed by atoms with van der Waals surface area (Å²) in [6.07, 6.45) is 1.14. The van der Waals surface area contributed by atoms with Gasteiger partial charge in [-0.1, -0.05) is 48.5 Å². The molecule has 0 aliphatic carbocycles. The summed E-state index contributed by atoms with van der Waals surface area (Å²) >= 11 is 0. The maximum atomic E-state index is 7.88. The predicted molar refractivity (Wildman–Crippen MR) is 121 cm³/mol. The second kappa shape index (κ2) is 5.92.